The summed E-state index contributed by atoms with van der Waals surface area (Å²) >= 11 is 0. The molecule has 0 bridgehead atoms. The molecule has 0 spiro atoms. The lowest BCUT2D eigenvalue weighted by molar-refractivity contribution is 0.0693. The van der Waals surface area contributed by atoms with E-state index in [1.807, 2.05) is 19.9 Å². The summed E-state index contributed by atoms with van der Waals surface area (Å²) in [5.41, 5.74) is 2.48. The first kappa shape index (κ1) is 23.6. The van der Waals surface area contributed by atoms with Crippen LogP contribution in [0.1, 0.15) is 79.4 Å². The molecule has 2 N–H and O–H groups in total. The summed E-state index contributed by atoms with van der Waals surface area (Å²) in [5, 5.41) is 20.8. The van der Waals surface area contributed by atoms with Gasteiger partial charge in [0, 0.05) is 5.56 Å². The van der Waals surface area contributed by atoms with Crippen molar-refractivity contribution in [3.63, 3.8) is 0 Å². The first-order valence-electron chi connectivity index (χ1n) is 11.2. The predicted octanol–water partition coefficient (Wildman–Crippen LogP) is 7.01. The second kappa shape index (κ2) is 11.0. The van der Waals surface area contributed by atoms with Crippen LogP contribution in [-0.2, 0) is 6.42 Å². The van der Waals surface area contributed by atoms with Crippen LogP contribution in [0.25, 0.3) is 12.2 Å². The molecule has 4 nitrogen and oxygen atoms in total. The molecule has 5 heteroatoms. The number of aromatic hydroxyl groups is 1. The maximum Gasteiger partial charge on any atom is 0.340 e. The average molecular weight is 439 g/mol. The Kier molecular flexibility index (Phi) is 8.09. The Morgan fingerprint density at radius 3 is 2.34 bits per heavy atom. The number of carboxylic acids is 1. The highest BCUT2D eigenvalue weighted by Gasteiger charge is 2.24. The van der Waals surface area contributed by atoms with Gasteiger partial charge in [0.1, 0.15) is 22.9 Å². The van der Waals surface area contributed by atoms with Gasteiger partial charge < -0.3 is 14.9 Å². The molecule has 1 aliphatic rings. The molecule has 170 valence electrons. The first-order chi connectivity index (χ1) is 15.3. The normalized spacial score (nSPS) is 14.8. The van der Waals surface area contributed by atoms with Gasteiger partial charge >= 0.3 is 5.97 Å². The van der Waals surface area contributed by atoms with E-state index < -0.39 is 5.97 Å². The van der Waals surface area contributed by atoms with E-state index in [0.717, 1.165) is 36.8 Å². The van der Waals surface area contributed by atoms with Crippen molar-refractivity contribution in [2.75, 3.05) is 0 Å². The predicted molar refractivity (Wildman–Crippen MR) is 126 cm³/mol. The third-order valence-electron chi connectivity index (χ3n) is 5.74. The van der Waals surface area contributed by atoms with Gasteiger partial charge in [-0.15, -0.1) is 0 Å². The van der Waals surface area contributed by atoms with Gasteiger partial charge in [0.25, 0.3) is 0 Å². The van der Waals surface area contributed by atoms with E-state index in [4.69, 9.17) is 4.74 Å². The molecular formula is C27H31FO4. The molecule has 1 fully saturated rings. The summed E-state index contributed by atoms with van der Waals surface area (Å²) in [6.07, 6.45) is 12.2. The van der Waals surface area contributed by atoms with Crippen LogP contribution in [0.3, 0.4) is 0 Å². The second-order valence-corrected chi connectivity index (χ2v) is 8.57. The van der Waals surface area contributed by atoms with Crippen LogP contribution in [0.2, 0.25) is 0 Å². The number of rotatable bonds is 7. The Bertz CT molecular complexity index is 993. The molecule has 0 unspecified atom stereocenters. The van der Waals surface area contributed by atoms with E-state index in [-0.39, 0.29) is 23.2 Å². The highest BCUT2D eigenvalue weighted by atomic mass is 19.1. The van der Waals surface area contributed by atoms with Crippen molar-refractivity contribution in [2.45, 2.75) is 64.9 Å². The zero-order chi connectivity index (χ0) is 23.1. The van der Waals surface area contributed by atoms with Crippen molar-refractivity contribution >= 4 is 18.1 Å². The van der Waals surface area contributed by atoms with Crippen LogP contribution in [0, 0.1) is 5.82 Å². The van der Waals surface area contributed by atoms with Crippen LogP contribution in [0.15, 0.2) is 42.0 Å². The quantitative estimate of drug-likeness (QED) is 0.277. The van der Waals surface area contributed by atoms with Gasteiger partial charge in [0.15, 0.2) is 0 Å². The summed E-state index contributed by atoms with van der Waals surface area (Å²) < 4.78 is 19.6. The zero-order valence-corrected chi connectivity index (χ0v) is 18.7. The maximum atomic E-state index is 13.2. The van der Waals surface area contributed by atoms with Crippen LogP contribution in [0.5, 0.6) is 11.5 Å². The summed E-state index contributed by atoms with van der Waals surface area (Å²) in [4.78, 5) is 12.0. The van der Waals surface area contributed by atoms with Crippen molar-refractivity contribution in [1.82, 2.24) is 0 Å². The average Bonchev–Trinajstić information content (AvgIpc) is 3.01. The van der Waals surface area contributed by atoms with E-state index in [0.29, 0.717) is 23.3 Å². The molecule has 0 heterocycles. The van der Waals surface area contributed by atoms with E-state index in [9.17, 15) is 19.4 Å². The number of allylic oxidation sites excluding steroid dienone is 2. The van der Waals surface area contributed by atoms with Gasteiger partial charge in [-0.05, 0) is 75.3 Å². The Hall–Kier alpha value is -3.08. The standard InChI is InChI=1S/C27H31FO4/c1-18(2)9-16-23-24(32-22-7-5-3-4-6-8-22)17-20(25(26(23)29)27(30)31)13-10-19-11-14-21(28)15-12-19/h9-15,17,22,29H,3-8,16H2,1-2H3,(H,30,31). The molecule has 0 aromatic heterocycles. The number of benzene rings is 2. The molecule has 2 aromatic carbocycles. The monoisotopic (exact) mass is 438 g/mol. The van der Waals surface area contributed by atoms with Crippen LogP contribution < -0.4 is 4.74 Å². The minimum atomic E-state index is -1.21. The molecule has 0 saturated heterocycles. The SMILES string of the molecule is CC(C)=CCc1c(OC2CCCCCC2)cc(C=Cc2ccc(F)cc2)c(C(=O)O)c1O. The Balaban J connectivity index is 2.05. The lowest BCUT2D eigenvalue weighted by Crippen LogP contribution is -2.17. The molecule has 0 radical (unpaired) electrons. The van der Waals surface area contributed by atoms with Crippen LogP contribution >= 0.6 is 0 Å². The Morgan fingerprint density at radius 2 is 1.75 bits per heavy atom. The third-order valence-corrected chi connectivity index (χ3v) is 5.74. The number of carbonyl (C=O) groups is 1. The number of phenols is 1. The summed E-state index contributed by atoms with van der Waals surface area (Å²) in [7, 11) is 0. The number of carboxylic acid groups (broad SMARTS) is 1. The first-order valence-corrected chi connectivity index (χ1v) is 11.2. The fourth-order valence-electron chi connectivity index (χ4n) is 3.97. The van der Waals surface area contributed by atoms with Crippen molar-refractivity contribution in [2.24, 2.45) is 0 Å². The van der Waals surface area contributed by atoms with Gasteiger partial charge in [-0.1, -0.05) is 48.8 Å². The largest absolute Gasteiger partial charge is 0.507 e. The Morgan fingerprint density at radius 1 is 1.09 bits per heavy atom. The molecular weight excluding hydrogens is 407 g/mol. The highest BCUT2D eigenvalue weighted by Crippen LogP contribution is 2.38. The van der Waals surface area contributed by atoms with E-state index in [1.54, 1.807) is 30.4 Å². The molecule has 1 saturated carbocycles. The minimum Gasteiger partial charge on any atom is -0.507 e. The lowest BCUT2D eigenvalue weighted by atomic mass is 9.97. The topological polar surface area (TPSA) is 66.8 Å². The van der Waals surface area contributed by atoms with E-state index >= 15 is 0 Å². The number of ether oxygens (including phenoxy) is 1. The van der Waals surface area contributed by atoms with Crippen LogP contribution in [-0.4, -0.2) is 22.3 Å². The molecule has 0 atom stereocenters. The van der Waals surface area contributed by atoms with Crippen molar-refractivity contribution in [3.8, 4) is 11.5 Å². The second-order valence-electron chi connectivity index (χ2n) is 8.57. The molecule has 32 heavy (non-hydrogen) atoms. The number of hydrogen-bond donors (Lipinski definition) is 2. The van der Waals surface area contributed by atoms with Crippen molar-refractivity contribution < 1.29 is 24.1 Å². The molecule has 2 aromatic rings. The summed E-state index contributed by atoms with van der Waals surface area (Å²) in [6.45, 7) is 3.92. The Labute approximate surface area is 189 Å². The number of hydrogen-bond acceptors (Lipinski definition) is 3. The van der Waals surface area contributed by atoms with Gasteiger partial charge in [0.2, 0.25) is 0 Å². The highest BCUT2D eigenvalue weighted by molar-refractivity contribution is 5.97. The van der Waals surface area contributed by atoms with Crippen LogP contribution in [0.4, 0.5) is 4.39 Å². The fraction of sp³-hybridized carbons (Fsp3) is 0.370. The molecule has 0 aliphatic heterocycles. The third kappa shape index (κ3) is 6.22. The summed E-state index contributed by atoms with van der Waals surface area (Å²) in [6, 6.07) is 7.62. The zero-order valence-electron chi connectivity index (χ0n) is 18.7. The fourth-order valence-corrected chi connectivity index (χ4v) is 3.97. The van der Waals surface area contributed by atoms with Crippen molar-refractivity contribution in [1.29, 1.82) is 0 Å². The minimum absolute atomic E-state index is 0.0481. The van der Waals surface area contributed by atoms with Crippen molar-refractivity contribution in [3.05, 3.63) is 70.1 Å². The summed E-state index contributed by atoms with van der Waals surface area (Å²) in [5.74, 6) is -1.29. The van der Waals surface area contributed by atoms with Gasteiger partial charge in [-0.25, -0.2) is 9.18 Å². The van der Waals surface area contributed by atoms with Gasteiger partial charge in [-0.2, -0.15) is 0 Å². The van der Waals surface area contributed by atoms with E-state index in [1.165, 1.54) is 25.0 Å². The molecule has 3 rings (SSSR count). The van der Waals surface area contributed by atoms with Gasteiger partial charge in [0.05, 0.1) is 6.10 Å². The van der Waals surface area contributed by atoms with E-state index in [2.05, 4.69) is 0 Å². The lowest BCUT2D eigenvalue weighted by Gasteiger charge is -2.21. The number of halogens is 1. The number of aromatic carboxylic acids is 1. The molecule has 1 aliphatic carbocycles. The smallest absolute Gasteiger partial charge is 0.340 e. The molecule has 0 amide bonds. The maximum absolute atomic E-state index is 13.2. The van der Waals surface area contributed by atoms with Gasteiger partial charge in [-0.3, -0.25) is 0 Å².